The SMILES string of the molecule is Cc1cc(-c2cc3c(s2)[C@H](C)N2c4c(C)cccc4C(C)(C)C(C)(C)C32C)ccc1N1[C@@H](C)c2sccc2C12C1CC3CC(C1)CC2C3. The number of nitrogens with zero attached hydrogens (tertiary/aromatic N) is 2. The van der Waals surface area contributed by atoms with Crippen LogP contribution in [0.4, 0.5) is 11.4 Å². The summed E-state index contributed by atoms with van der Waals surface area (Å²) in [6.07, 6.45) is 7.26. The Labute approximate surface area is 296 Å². The van der Waals surface area contributed by atoms with Crippen molar-refractivity contribution < 1.29 is 0 Å². The van der Waals surface area contributed by atoms with Gasteiger partial charge in [-0.3, -0.25) is 0 Å². The Morgan fingerprint density at radius 3 is 2.06 bits per heavy atom. The summed E-state index contributed by atoms with van der Waals surface area (Å²) in [5.74, 6) is 3.54. The number of anilines is 2. The highest BCUT2D eigenvalue weighted by atomic mass is 32.1. The monoisotopic (exact) mass is 672 g/mol. The van der Waals surface area contributed by atoms with E-state index in [9.17, 15) is 0 Å². The fourth-order valence-corrected chi connectivity index (χ4v) is 15.4. The zero-order valence-corrected chi connectivity index (χ0v) is 32.0. The summed E-state index contributed by atoms with van der Waals surface area (Å²) >= 11 is 4.07. The van der Waals surface area contributed by atoms with Crippen LogP contribution in [0.3, 0.4) is 0 Å². The van der Waals surface area contributed by atoms with Gasteiger partial charge >= 0.3 is 0 Å². The van der Waals surface area contributed by atoms with Crippen LogP contribution in [0.5, 0.6) is 0 Å². The van der Waals surface area contributed by atoms with Crippen molar-refractivity contribution in [2.45, 2.75) is 123 Å². The van der Waals surface area contributed by atoms with Gasteiger partial charge in [0.2, 0.25) is 0 Å². The van der Waals surface area contributed by atoms with E-state index in [4.69, 9.17) is 0 Å². The molecule has 4 heteroatoms. The summed E-state index contributed by atoms with van der Waals surface area (Å²) in [5.41, 5.74) is 12.1. The van der Waals surface area contributed by atoms with Gasteiger partial charge in [-0.05, 0) is 159 Å². The molecule has 0 amide bonds. The van der Waals surface area contributed by atoms with Gasteiger partial charge in [-0.2, -0.15) is 0 Å². The van der Waals surface area contributed by atoms with Gasteiger partial charge in [0.15, 0.2) is 0 Å². The van der Waals surface area contributed by atoms with E-state index in [0.717, 1.165) is 23.7 Å². The Bertz CT molecular complexity index is 1980. The molecule has 4 saturated carbocycles. The highest BCUT2D eigenvalue weighted by Crippen LogP contribution is 2.71. The molecule has 4 aliphatic carbocycles. The molecule has 0 N–H and O–H groups in total. The minimum absolute atomic E-state index is 0.0249. The second kappa shape index (κ2) is 9.40. The van der Waals surface area contributed by atoms with Crippen LogP contribution >= 0.6 is 22.7 Å². The predicted octanol–water partition coefficient (Wildman–Crippen LogP) is 12.4. The van der Waals surface area contributed by atoms with Crippen LogP contribution in [0.25, 0.3) is 10.4 Å². The summed E-state index contributed by atoms with van der Waals surface area (Å²) in [6, 6.07) is 20.5. The fraction of sp³-hybridized carbons (Fsp3) is 0.545. The second-order valence-corrected chi connectivity index (χ2v) is 20.1. The predicted molar refractivity (Wildman–Crippen MR) is 205 cm³/mol. The molecule has 0 radical (unpaired) electrons. The average molecular weight is 673 g/mol. The van der Waals surface area contributed by atoms with Crippen molar-refractivity contribution in [2.75, 3.05) is 9.80 Å². The van der Waals surface area contributed by atoms with Gasteiger partial charge in [0.05, 0.1) is 23.2 Å². The molecule has 1 unspecified atom stereocenters. The number of fused-ring (bicyclic) bond motifs is 6. The topological polar surface area (TPSA) is 6.48 Å². The maximum atomic E-state index is 2.97. The largest absolute Gasteiger partial charge is 0.353 e. The van der Waals surface area contributed by atoms with Gasteiger partial charge in [-0.25, -0.2) is 0 Å². The van der Waals surface area contributed by atoms with Gasteiger partial charge in [0.25, 0.3) is 0 Å². The number of benzene rings is 2. The summed E-state index contributed by atoms with van der Waals surface area (Å²) < 4.78 is 0. The Morgan fingerprint density at radius 2 is 1.38 bits per heavy atom. The highest BCUT2D eigenvalue weighted by molar-refractivity contribution is 7.15. The van der Waals surface area contributed by atoms with E-state index in [1.54, 1.807) is 20.9 Å². The molecule has 4 bridgehead atoms. The van der Waals surface area contributed by atoms with Crippen molar-refractivity contribution in [1.29, 1.82) is 0 Å². The van der Waals surface area contributed by atoms with E-state index in [2.05, 4.69) is 137 Å². The fourth-order valence-electron chi connectivity index (χ4n) is 13.1. The minimum Gasteiger partial charge on any atom is -0.353 e. The van der Waals surface area contributed by atoms with Crippen molar-refractivity contribution >= 4 is 34.0 Å². The molecule has 250 valence electrons. The number of hydrogen-bond donors (Lipinski definition) is 0. The molecule has 3 aliphatic heterocycles. The van der Waals surface area contributed by atoms with E-state index in [1.165, 1.54) is 70.6 Å². The highest BCUT2D eigenvalue weighted by Gasteiger charge is 2.66. The molecule has 1 spiro atoms. The maximum absolute atomic E-state index is 2.97. The van der Waals surface area contributed by atoms with E-state index in [0.29, 0.717) is 12.1 Å². The Hall–Kier alpha value is -2.56. The number of thiophene rings is 2. The summed E-state index contributed by atoms with van der Waals surface area (Å²) in [6.45, 7) is 22.3. The van der Waals surface area contributed by atoms with Gasteiger partial charge < -0.3 is 9.80 Å². The van der Waals surface area contributed by atoms with E-state index < -0.39 is 0 Å². The van der Waals surface area contributed by atoms with Crippen LogP contribution in [0.1, 0.15) is 130 Å². The Kier molecular flexibility index (Phi) is 5.93. The van der Waals surface area contributed by atoms with E-state index in [-0.39, 0.29) is 21.9 Å². The summed E-state index contributed by atoms with van der Waals surface area (Å²) in [4.78, 5) is 10.4. The molecule has 4 aromatic rings. The first-order chi connectivity index (χ1) is 22.8. The molecule has 4 fully saturated rings. The number of aryl methyl sites for hydroxylation is 2. The van der Waals surface area contributed by atoms with Crippen molar-refractivity contribution in [2.24, 2.45) is 29.1 Å². The molecular weight excluding hydrogens is 621 g/mol. The lowest BCUT2D eigenvalue weighted by Gasteiger charge is -2.64. The van der Waals surface area contributed by atoms with E-state index in [1.807, 2.05) is 11.3 Å². The Balaban J connectivity index is 1.07. The molecule has 2 aromatic heterocycles. The van der Waals surface area contributed by atoms with E-state index >= 15 is 0 Å². The van der Waals surface area contributed by atoms with Crippen LogP contribution in [0.15, 0.2) is 53.9 Å². The van der Waals surface area contributed by atoms with Crippen LogP contribution < -0.4 is 9.80 Å². The average Bonchev–Trinajstić information content (AvgIpc) is 3.79. The lowest BCUT2D eigenvalue weighted by atomic mass is 9.47. The lowest BCUT2D eigenvalue weighted by molar-refractivity contribution is -0.0602. The van der Waals surface area contributed by atoms with Gasteiger partial charge in [0.1, 0.15) is 0 Å². The summed E-state index contributed by atoms with van der Waals surface area (Å²) in [5, 5.41) is 2.40. The van der Waals surface area contributed by atoms with Crippen molar-refractivity contribution in [3.8, 4) is 10.4 Å². The van der Waals surface area contributed by atoms with Crippen LogP contribution in [-0.4, -0.2) is 0 Å². The summed E-state index contributed by atoms with van der Waals surface area (Å²) in [7, 11) is 0. The first kappa shape index (κ1) is 30.3. The third-order valence-corrected chi connectivity index (χ3v) is 18.3. The van der Waals surface area contributed by atoms with Crippen molar-refractivity contribution in [1.82, 2.24) is 0 Å². The molecule has 2 aromatic carbocycles. The lowest BCUT2D eigenvalue weighted by Crippen LogP contribution is -2.62. The second-order valence-electron chi connectivity index (χ2n) is 18.1. The Morgan fingerprint density at radius 1 is 0.688 bits per heavy atom. The molecular formula is C44H52N2S2. The zero-order chi connectivity index (χ0) is 33.3. The molecule has 0 saturated heterocycles. The van der Waals surface area contributed by atoms with Gasteiger partial charge in [0, 0.05) is 31.4 Å². The molecule has 2 nitrogen and oxygen atoms in total. The number of hydrogen-bond acceptors (Lipinski definition) is 4. The van der Waals surface area contributed by atoms with Gasteiger partial charge in [-0.15, -0.1) is 22.7 Å². The zero-order valence-electron chi connectivity index (χ0n) is 30.4. The standard InChI is InChI=1S/C44H52N2S2/c1-24-11-10-12-33-38(24)46-27(4)40-35(43(46,9)42(7,8)41(33,5)6)23-37(48-40)30-13-14-36(25(2)17-30)45-26(3)39-34(15-16-47-39)44(45)31-19-28-18-29(21-31)22-32(44)20-28/h10-17,23,26-29,31-32H,18-22H2,1-9H3/t26-,27-,28?,29?,31?,32?,43?,44?/m0/s1. The van der Waals surface area contributed by atoms with Crippen LogP contribution in [0.2, 0.25) is 0 Å². The van der Waals surface area contributed by atoms with Crippen LogP contribution in [0, 0.1) is 42.9 Å². The molecule has 11 rings (SSSR count). The first-order valence-electron chi connectivity index (χ1n) is 18.8. The normalized spacial score (nSPS) is 36.0. The first-order valence-corrected chi connectivity index (χ1v) is 20.5. The van der Waals surface area contributed by atoms with Crippen molar-refractivity contribution in [3.63, 3.8) is 0 Å². The maximum Gasteiger partial charge on any atom is 0.0728 e. The van der Waals surface area contributed by atoms with Crippen LogP contribution in [-0.2, 0) is 16.5 Å². The molecule has 7 aliphatic rings. The number of rotatable bonds is 2. The molecule has 3 atom stereocenters. The van der Waals surface area contributed by atoms with Crippen molar-refractivity contribution in [3.05, 3.63) is 91.5 Å². The number of para-hydroxylation sites is 1. The third-order valence-electron chi connectivity index (χ3n) is 15.9. The third kappa shape index (κ3) is 3.28. The molecule has 5 heterocycles. The minimum atomic E-state index is -0.0949. The quantitative estimate of drug-likeness (QED) is 0.209. The molecule has 48 heavy (non-hydrogen) atoms. The smallest absolute Gasteiger partial charge is 0.0728 e. The van der Waals surface area contributed by atoms with Gasteiger partial charge in [-0.1, -0.05) is 52.0 Å².